The molecule has 0 fully saturated rings. The lowest BCUT2D eigenvalue weighted by Crippen LogP contribution is -2.11. The van der Waals surface area contributed by atoms with Gasteiger partial charge in [-0.05, 0) is 32.6 Å². The fourth-order valence-electron chi connectivity index (χ4n) is 2.98. The molecule has 2 aromatic heterocycles. The molecule has 0 aliphatic heterocycles. The van der Waals surface area contributed by atoms with Gasteiger partial charge in [-0.25, -0.2) is 9.48 Å². The maximum atomic E-state index is 12.3. The molecule has 132 valence electrons. The van der Waals surface area contributed by atoms with Gasteiger partial charge >= 0.3 is 5.97 Å². The van der Waals surface area contributed by atoms with E-state index in [1.807, 2.05) is 20.8 Å². The van der Waals surface area contributed by atoms with Gasteiger partial charge in [0.2, 0.25) is 11.6 Å². The second-order valence-electron chi connectivity index (χ2n) is 7.15. The van der Waals surface area contributed by atoms with E-state index in [0.29, 0.717) is 18.2 Å². The van der Waals surface area contributed by atoms with Crippen molar-refractivity contribution in [2.24, 2.45) is 0 Å². The Hall–Kier alpha value is -2.62. The third-order valence-corrected chi connectivity index (χ3v) is 4.20. The molecule has 3 rings (SSSR count). The van der Waals surface area contributed by atoms with Crippen LogP contribution in [-0.4, -0.2) is 27.3 Å². The van der Waals surface area contributed by atoms with Crippen molar-refractivity contribution in [2.45, 2.75) is 58.8 Å². The highest BCUT2D eigenvalue weighted by molar-refractivity contribution is 5.89. The van der Waals surface area contributed by atoms with E-state index in [2.05, 4.69) is 16.2 Å². The molecule has 0 spiro atoms. The number of rotatable bonds is 3. The number of fused-ring (bicyclic) bond motifs is 1. The number of nitrogens with zero attached hydrogens (tertiary/aromatic N) is 4. The molecule has 0 saturated carbocycles. The standard InChI is InChI=1S/C18H22N4O3/c1-5-24-16(23)14-11-8-6-7-9-13(11)22(21-14)15-12(10-19)20-17(25-15)18(2,3)4/h5-9H2,1-4H3. The maximum Gasteiger partial charge on any atom is 0.359 e. The monoisotopic (exact) mass is 342 g/mol. The van der Waals surface area contributed by atoms with Crippen molar-refractivity contribution in [1.29, 1.82) is 5.26 Å². The topological polar surface area (TPSA) is 93.9 Å². The Bertz CT molecular complexity index is 849. The summed E-state index contributed by atoms with van der Waals surface area (Å²) >= 11 is 0. The number of hydrogen-bond donors (Lipinski definition) is 0. The number of ether oxygens (including phenoxy) is 1. The highest BCUT2D eigenvalue weighted by Gasteiger charge is 2.31. The first-order chi connectivity index (χ1) is 11.9. The van der Waals surface area contributed by atoms with Gasteiger partial charge in [0.15, 0.2) is 5.69 Å². The van der Waals surface area contributed by atoms with E-state index in [1.165, 1.54) is 0 Å². The van der Waals surface area contributed by atoms with Gasteiger partial charge in [0, 0.05) is 11.0 Å². The molecule has 0 bridgehead atoms. The molecule has 1 aliphatic carbocycles. The molecule has 0 amide bonds. The molecule has 0 atom stereocenters. The summed E-state index contributed by atoms with van der Waals surface area (Å²) in [5.41, 5.74) is 1.95. The van der Waals surface area contributed by atoms with Crippen molar-refractivity contribution in [2.75, 3.05) is 6.61 Å². The second kappa shape index (κ2) is 6.36. The number of esters is 1. The minimum Gasteiger partial charge on any atom is -0.461 e. The van der Waals surface area contributed by atoms with Gasteiger partial charge in [-0.15, -0.1) is 0 Å². The summed E-state index contributed by atoms with van der Waals surface area (Å²) < 4.78 is 12.6. The average Bonchev–Trinajstić information content (AvgIpc) is 3.16. The maximum absolute atomic E-state index is 12.3. The van der Waals surface area contributed by atoms with Gasteiger partial charge in [0.25, 0.3) is 5.88 Å². The zero-order valence-electron chi connectivity index (χ0n) is 15.0. The number of nitriles is 1. The SMILES string of the molecule is CCOC(=O)c1nn(-c2oc(C(C)(C)C)nc2C#N)c2c1CCCC2. The lowest BCUT2D eigenvalue weighted by Gasteiger charge is -2.13. The van der Waals surface area contributed by atoms with Crippen molar-refractivity contribution < 1.29 is 13.9 Å². The van der Waals surface area contributed by atoms with E-state index in [1.54, 1.807) is 11.6 Å². The summed E-state index contributed by atoms with van der Waals surface area (Å²) in [6, 6.07) is 2.08. The molecule has 0 unspecified atom stereocenters. The van der Waals surface area contributed by atoms with E-state index >= 15 is 0 Å². The summed E-state index contributed by atoms with van der Waals surface area (Å²) in [7, 11) is 0. The average molecular weight is 342 g/mol. The van der Waals surface area contributed by atoms with Crippen molar-refractivity contribution in [3.8, 4) is 12.0 Å². The number of oxazole rings is 1. The third-order valence-electron chi connectivity index (χ3n) is 4.20. The number of carbonyl (C=O) groups excluding carboxylic acids is 1. The summed E-state index contributed by atoms with van der Waals surface area (Å²) in [6.07, 6.45) is 3.55. The van der Waals surface area contributed by atoms with Crippen LogP contribution in [0.1, 0.15) is 73.9 Å². The van der Waals surface area contributed by atoms with E-state index in [4.69, 9.17) is 9.15 Å². The molecule has 0 radical (unpaired) electrons. The first-order valence-electron chi connectivity index (χ1n) is 8.56. The minimum atomic E-state index is -0.437. The van der Waals surface area contributed by atoms with Crippen molar-refractivity contribution in [3.63, 3.8) is 0 Å². The number of aromatic nitrogens is 3. The minimum absolute atomic E-state index is 0.177. The molecule has 2 aromatic rings. The Morgan fingerprint density at radius 2 is 2.08 bits per heavy atom. The largest absolute Gasteiger partial charge is 0.461 e. The lowest BCUT2D eigenvalue weighted by molar-refractivity contribution is 0.0517. The first-order valence-corrected chi connectivity index (χ1v) is 8.56. The summed E-state index contributed by atoms with van der Waals surface area (Å²) in [6.45, 7) is 7.95. The zero-order valence-corrected chi connectivity index (χ0v) is 15.0. The Morgan fingerprint density at radius 1 is 1.36 bits per heavy atom. The van der Waals surface area contributed by atoms with Gasteiger partial charge in [-0.3, -0.25) is 0 Å². The van der Waals surface area contributed by atoms with Crippen LogP contribution in [-0.2, 0) is 23.0 Å². The van der Waals surface area contributed by atoms with Crippen molar-refractivity contribution in [3.05, 3.63) is 28.5 Å². The van der Waals surface area contributed by atoms with Crippen LogP contribution in [0, 0.1) is 11.3 Å². The quantitative estimate of drug-likeness (QED) is 0.796. The van der Waals surface area contributed by atoms with Gasteiger partial charge in [-0.2, -0.15) is 15.3 Å². The van der Waals surface area contributed by atoms with E-state index < -0.39 is 5.97 Å². The van der Waals surface area contributed by atoms with Crippen LogP contribution in [0.3, 0.4) is 0 Å². The van der Waals surface area contributed by atoms with Crippen LogP contribution >= 0.6 is 0 Å². The fourth-order valence-corrected chi connectivity index (χ4v) is 2.98. The molecular weight excluding hydrogens is 320 g/mol. The fraction of sp³-hybridized carbons (Fsp3) is 0.556. The summed E-state index contributed by atoms with van der Waals surface area (Å²) in [5, 5.41) is 13.9. The molecule has 2 heterocycles. The first kappa shape index (κ1) is 17.2. The summed E-state index contributed by atoms with van der Waals surface area (Å²) in [5.74, 6) is 0.311. The molecule has 25 heavy (non-hydrogen) atoms. The molecule has 7 nitrogen and oxygen atoms in total. The molecule has 0 aromatic carbocycles. The van der Waals surface area contributed by atoms with Gasteiger partial charge in [0.1, 0.15) is 6.07 Å². The Kier molecular flexibility index (Phi) is 4.38. The van der Waals surface area contributed by atoms with Gasteiger partial charge in [0.05, 0.1) is 12.3 Å². The van der Waals surface area contributed by atoms with Crippen LogP contribution < -0.4 is 0 Å². The van der Waals surface area contributed by atoms with Crippen molar-refractivity contribution >= 4 is 5.97 Å². The third kappa shape index (κ3) is 3.04. The molecule has 1 aliphatic rings. The van der Waals surface area contributed by atoms with Crippen molar-refractivity contribution in [1.82, 2.24) is 14.8 Å². The van der Waals surface area contributed by atoms with Gasteiger partial charge < -0.3 is 9.15 Å². The highest BCUT2D eigenvalue weighted by Crippen LogP contribution is 2.31. The molecule has 7 heteroatoms. The number of carbonyl (C=O) groups is 1. The summed E-state index contributed by atoms with van der Waals surface area (Å²) in [4.78, 5) is 16.6. The Labute approximate surface area is 146 Å². The molecule has 0 N–H and O–H groups in total. The number of hydrogen-bond acceptors (Lipinski definition) is 6. The van der Waals surface area contributed by atoms with E-state index in [-0.39, 0.29) is 17.0 Å². The predicted molar refractivity (Wildman–Crippen MR) is 89.6 cm³/mol. The van der Waals surface area contributed by atoms with Crippen LogP contribution in [0.2, 0.25) is 0 Å². The van der Waals surface area contributed by atoms with Crippen LogP contribution in [0.15, 0.2) is 4.42 Å². The highest BCUT2D eigenvalue weighted by atomic mass is 16.5. The smallest absolute Gasteiger partial charge is 0.359 e. The van der Waals surface area contributed by atoms with E-state index in [9.17, 15) is 10.1 Å². The molecule has 0 saturated heterocycles. The van der Waals surface area contributed by atoms with E-state index in [0.717, 1.165) is 36.9 Å². The van der Waals surface area contributed by atoms with Crippen LogP contribution in [0.5, 0.6) is 0 Å². The normalized spacial score (nSPS) is 14.0. The Morgan fingerprint density at radius 3 is 2.72 bits per heavy atom. The second-order valence-corrected chi connectivity index (χ2v) is 7.15. The lowest BCUT2D eigenvalue weighted by atomic mass is 9.95. The van der Waals surface area contributed by atoms with Gasteiger partial charge in [-0.1, -0.05) is 20.8 Å². The van der Waals surface area contributed by atoms with Crippen LogP contribution in [0.4, 0.5) is 0 Å². The van der Waals surface area contributed by atoms with Crippen LogP contribution in [0.25, 0.3) is 5.88 Å². The zero-order chi connectivity index (χ0) is 18.2. The Balaban J connectivity index is 2.17. The predicted octanol–water partition coefficient (Wildman–Crippen LogP) is 3.08. The molecular formula is C18H22N4O3.